The predicted octanol–water partition coefficient (Wildman–Crippen LogP) is 5.00. The molecule has 2 aromatic carbocycles. The molecule has 0 aliphatic heterocycles. The predicted molar refractivity (Wildman–Crippen MR) is 122 cm³/mol. The summed E-state index contributed by atoms with van der Waals surface area (Å²) in [7, 11) is 0. The lowest BCUT2D eigenvalue weighted by Crippen LogP contribution is -2.27. The Morgan fingerprint density at radius 1 is 1.00 bits per heavy atom. The van der Waals surface area contributed by atoms with Crippen LogP contribution >= 0.6 is 0 Å². The molecular formula is C24H20F3N5O3. The van der Waals surface area contributed by atoms with Gasteiger partial charge >= 0.3 is 12.2 Å². The van der Waals surface area contributed by atoms with Crippen LogP contribution in [0.2, 0.25) is 0 Å². The minimum atomic E-state index is -4.42. The second kappa shape index (κ2) is 9.84. The van der Waals surface area contributed by atoms with Gasteiger partial charge in [-0.2, -0.15) is 13.2 Å². The zero-order valence-electron chi connectivity index (χ0n) is 18.5. The number of ether oxygens (including phenoxy) is 1. The molecule has 0 atom stereocenters. The van der Waals surface area contributed by atoms with Crippen LogP contribution in [0.25, 0.3) is 11.0 Å². The van der Waals surface area contributed by atoms with Crippen molar-refractivity contribution in [3.63, 3.8) is 0 Å². The summed E-state index contributed by atoms with van der Waals surface area (Å²) in [6.07, 6.45) is -1.62. The van der Waals surface area contributed by atoms with Crippen molar-refractivity contribution in [2.24, 2.45) is 0 Å². The number of nitrogens with one attached hydrogen (secondary N) is 2. The molecule has 0 spiro atoms. The molecule has 2 amide bonds. The third-order valence-corrected chi connectivity index (χ3v) is 4.99. The zero-order valence-corrected chi connectivity index (χ0v) is 18.5. The van der Waals surface area contributed by atoms with Crippen LogP contribution in [0.4, 0.5) is 23.7 Å². The Morgan fingerprint density at radius 3 is 2.37 bits per heavy atom. The molecule has 2 heterocycles. The van der Waals surface area contributed by atoms with Crippen LogP contribution in [0, 0.1) is 0 Å². The first-order valence-electron chi connectivity index (χ1n) is 10.6. The molecule has 2 N–H and O–H groups in total. The van der Waals surface area contributed by atoms with Gasteiger partial charge in [0.15, 0.2) is 5.65 Å². The number of hydrogen-bond acceptors (Lipinski definition) is 5. The summed E-state index contributed by atoms with van der Waals surface area (Å²) in [6, 6.07) is 12.3. The number of carbonyl (C=O) groups excluding carboxylic acids is 2. The molecule has 2 aromatic heterocycles. The quantitative estimate of drug-likeness (QED) is 0.402. The lowest BCUT2D eigenvalue weighted by Gasteiger charge is -2.09. The third kappa shape index (κ3) is 5.57. The molecule has 0 saturated carbocycles. The van der Waals surface area contributed by atoms with E-state index in [0.29, 0.717) is 34.6 Å². The average molecular weight is 483 g/mol. The number of halogens is 3. The lowest BCUT2D eigenvalue weighted by atomic mass is 10.1. The summed E-state index contributed by atoms with van der Waals surface area (Å²) < 4.78 is 45.2. The first-order valence-corrected chi connectivity index (χ1v) is 10.6. The van der Waals surface area contributed by atoms with Gasteiger partial charge in [0.2, 0.25) is 11.8 Å². The number of nitrogens with zero attached hydrogens (tertiary/aromatic N) is 3. The molecule has 180 valence electrons. The van der Waals surface area contributed by atoms with Gasteiger partial charge in [0.1, 0.15) is 12.1 Å². The molecule has 4 rings (SSSR count). The number of hydrogen-bond donors (Lipinski definition) is 2. The van der Waals surface area contributed by atoms with E-state index in [4.69, 9.17) is 4.74 Å². The molecule has 0 aliphatic rings. The monoisotopic (exact) mass is 483 g/mol. The fourth-order valence-electron chi connectivity index (χ4n) is 3.33. The van der Waals surface area contributed by atoms with E-state index in [1.807, 2.05) is 6.92 Å². The van der Waals surface area contributed by atoms with Gasteiger partial charge in [0.05, 0.1) is 17.4 Å². The number of aromatic nitrogens is 3. The Labute approximate surface area is 197 Å². The Balaban J connectivity index is 1.40. The van der Waals surface area contributed by atoms with Gasteiger partial charge < -0.3 is 15.4 Å². The summed E-state index contributed by atoms with van der Waals surface area (Å²) in [5.41, 5.74) is 0.583. The number of amides is 2. The van der Waals surface area contributed by atoms with Crippen LogP contribution < -0.4 is 15.4 Å². The van der Waals surface area contributed by atoms with Crippen molar-refractivity contribution in [3.05, 3.63) is 78.2 Å². The maximum Gasteiger partial charge on any atom is 0.416 e. The number of carbonyl (C=O) groups is 2. The van der Waals surface area contributed by atoms with Crippen molar-refractivity contribution in [2.45, 2.75) is 19.5 Å². The van der Waals surface area contributed by atoms with E-state index in [-0.39, 0.29) is 24.2 Å². The van der Waals surface area contributed by atoms with E-state index in [2.05, 4.69) is 20.6 Å². The average Bonchev–Trinajstić information content (AvgIpc) is 3.26. The van der Waals surface area contributed by atoms with Gasteiger partial charge in [-0.05, 0) is 55.0 Å². The Hall–Kier alpha value is -4.41. The van der Waals surface area contributed by atoms with Crippen LogP contribution in [0.15, 0.2) is 67.1 Å². The largest absolute Gasteiger partial charge is 0.438 e. The summed E-state index contributed by atoms with van der Waals surface area (Å²) in [4.78, 5) is 32.7. The van der Waals surface area contributed by atoms with Gasteiger partial charge in [-0.3, -0.25) is 9.36 Å². The van der Waals surface area contributed by atoms with Crippen LogP contribution in [0.1, 0.15) is 18.1 Å². The minimum absolute atomic E-state index is 0.0715. The minimum Gasteiger partial charge on any atom is -0.438 e. The van der Waals surface area contributed by atoms with Crippen molar-refractivity contribution in [2.75, 3.05) is 11.9 Å². The maximum atomic E-state index is 12.7. The molecule has 4 aromatic rings. The van der Waals surface area contributed by atoms with Crippen molar-refractivity contribution >= 4 is 28.7 Å². The fourth-order valence-corrected chi connectivity index (χ4v) is 3.33. The topological polar surface area (TPSA) is 98.1 Å². The summed E-state index contributed by atoms with van der Waals surface area (Å²) >= 11 is 0. The first kappa shape index (κ1) is 23.7. The van der Waals surface area contributed by atoms with Crippen LogP contribution in [-0.2, 0) is 17.4 Å². The molecule has 0 aliphatic carbocycles. The SMILES string of the molecule is CCNC(=O)n1ccc2c(Oc3ccc(NC(=O)Cc4ccc(C(F)(F)F)cc4)cc3)ncnc21. The molecule has 0 bridgehead atoms. The number of benzene rings is 2. The van der Waals surface area contributed by atoms with E-state index in [0.717, 1.165) is 12.1 Å². The summed E-state index contributed by atoms with van der Waals surface area (Å²) in [5.74, 6) is 0.330. The number of fused-ring (bicyclic) bond motifs is 1. The second-order valence-corrected chi connectivity index (χ2v) is 7.48. The van der Waals surface area contributed by atoms with E-state index in [1.165, 1.54) is 23.0 Å². The van der Waals surface area contributed by atoms with Crippen LogP contribution in [0.5, 0.6) is 11.6 Å². The van der Waals surface area contributed by atoms with Gasteiger partial charge in [-0.15, -0.1) is 0 Å². The second-order valence-electron chi connectivity index (χ2n) is 7.48. The molecule has 11 heteroatoms. The summed E-state index contributed by atoms with van der Waals surface area (Å²) in [5, 5.41) is 5.94. The van der Waals surface area contributed by atoms with Crippen molar-refractivity contribution in [1.82, 2.24) is 19.9 Å². The van der Waals surface area contributed by atoms with Gasteiger partial charge in [0.25, 0.3) is 0 Å². The highest BCUT2D eigenvalue weighted by atomic mass is 19.4. The third-order valence-electron chi connectivity index (χ3n) is 4.99. The molecule has 0 radical (unpaired) electrons. The van der Waals surface area contributed by atoms with Gasteiger partial charge in [-0.1, -0.05) is 12.1 Å². The van der Waals surface area contributed by atoms with E-state index in [9.17, 15) is 22.8 Å². The van der Waals surface area contributed by atoms with Crippen molar-refractivity contribution in [3.8, 4) is 11.6 Å². The Bertz CT molecular complexity index is 1350. The first-order chi connectivity index (χ1) is 16.7. The van der Waals surface area contributed by atoms with Crippen molar-refractivity contribution in [1.29, 1.82) is 0 Å². The van der Waals surface area contributed by atoms with Crippen molar-refractivity contribution < 1.29 is 27.5 Å². The molecule has 35 heavy (non-hydrogen) atoms. The van der Waals surface area contributed by atoms with E-state index in [1.54, 1.807) is 36.5 Å². The number of rotatable bonds is 6. The molecule has 0 fully saturated rings. The Kier molecular flexibility index (Phi) is 6.67. The van der Waals surface area contributed by atoms with E-state index >= 15 is 0 Å². The highest BCUT2D eigenvalue weighted by molar-refractivity contribution is 5.93. The number of anilines is 1. The zero-order chi connectivity index (χ0) is 25.0. The Morgan fingerprint density at radius 2 is 1.71 bits per heavy atom. The molecule has 0 saturated heterocycles. The summed E-state index contributed by atoms with van der Waals surface area (Å²) in [6.45, 7) is 2.29. The van der Waals surface area contributed by atoms with Crippen LogP contribution in [-0.4, -0.2) is 33.0 Å². The van der Waals surface area contributed by atoms with E-state index < -0.39 is 11.7 Å². The van der Waals surface area contributed by atoms with Crippen LogP contribution in [0.3, 0.4) is 0 Å². The molecular weight excluding hydrogens is 463 g/mol. The van der Waals surface area contributed by atoms with Gasteiger partial charge in [-0.25, -0.2) is 14.8 Å². The lowest BCUT2D eigenvalue weighted by molar-refractivity contribution is -0.137. The van der Waals surface area contributed by atoms with Gasteiger partial charge in [0, 0.05) is 18.4 Å². The smallest absolute Gasteiger partial charge is 0.416 e. The number of alkyl halides is 3. The maximum absolute atomic E-state index is 12.7. The molecule has 8 nitrogen and oxygen atoms in total. The fraction of sp³-hybridized carbons (Fsp3) is 0.167. The highest BCUT2D eigenvalue weighted by Gasteiger charge is 2.30. The normalized spacial score (nSPS) is 11.3. The standard InChI is InChI=1S/C24H20F3N5O3/c1-2-28-23(34)32-12-11-19-21(32)29-14-30-22(19)35-18-9-7-17(8-10-18)31-20(33)13-15-3-5-16(6-4-15)24(25,26)27/h3-12,14H,2,13H2,1H3,(H,28,34)(H,31,33). The highest BCUT2D eigenvalue weighted by Crippen LogP contribution is 2.30. The molecule has 0 unspecified atom stereocenters.